The van der Waals surface area contributed by atoms with Gasteiger partial charge in [-0.2, -0.15) is 0 Å². The van der Waals surface area contributed by atoms with Crippen LogP contribution in [-0.2, 0) is 4.79 Å². The molecule has 0 radical (unpaired) electrons. The summed E-state index contributed by atoms with van der Waals surface area (Å²) in [5.74, 6) is 1.46. The van der Waals surface area contributed by atoms with E-state index in [0.29, 0.717) is 44.7 Å². The highest BCUT2D eigenvalue weighted by atomic mass is 32.2. The molecule has 2 aromatic carbocycles. The van der Waals surface area contributed by atoms with Crippen LogP contribution in [0, 0.1) is 17.0 Å². The predicted octanol–water partition coefficient (Wildman–Crippen LogP) is 5.79. The van der Waals surface area contributed by atoms with Gasteiger partial charge in [-0.15, -0.1) is 0 Å². The van der Waals surface area contributed by atoms with Gasteiger partial charge >= 0.3 is 17.4 Å². The topological polar surface area (TPSA) is 126 Å². The lowest BCUT2D eigenvalue weighted by molar-refractivity contribution is -0.764. The molecule has 1 N–H and O–H groups in total. The summed E-state index contributed by atoms with van der Waals surface area (Å²) in [5.41, 5.74) is 2.57. The fraction of sp³-hybridized carbons (Fsp3) is 0.310. The number of furan rings is 1. The molecule has 2 aromatic heterocycles. The maximum absolute atomic E-state index is 13.5. The number of thioether (sulfide) groups is 1. The number of aromatic amines is 1. The Morgan fingerprint density at radius 1 is 1.15 bits per heavy atom. The van der Waals surface area contributed by atoms with Gasteiger partial charge in [-0.1, -0.05) is 50.1 Å². The number of non-ortho nitro benzene ring substituents is 1. The standard InChI is InChI=1S/C29H29N5O5S/c1-4-5-6-9-16-40-29-30-27(36)26-22-10-7-8-11-23(22)32(19(3)35)28(33(26)31-29)25-15-14-24(39-25)21-13-12-20(34(37)38)17-18(21)2/h7-8,10-15,17,28H,4-6,9,16H2,1-3H3/p+1/t28-/m1/s1. The van der Waals surface area contributed by atoms with Crippen LogP contribution < -0.4 is 15.1 Å². The summed E-state index contributed by atoms with van der Waals surface area (Å²) in [5, 5.41) is 16.5. The van der Waals surface area contributed by atoms with Gasteiger partial charge in [-0.3, -0.25) is 24.7 Å². The molecular weight excluding hydrogens is 530 g/mol. The van der Waals surface area contributed by atoms with Gasteiger partial charge in [-0.05, 0) is 53.9 Å². The quantitative estimate of drug-likeness (QED) is 0.0903. The highest BCUT2D eigenvalue weighted by Crippen LogP contribution is 2.39. The number of carbonyl (C=O) groups is 1. The number of amides is 1. The number of nitro groups is 1. The first-order valence-corrected chi connectivity index (χ1v) is 14.2. The first-order valence-electron chi connectivity index (χ1n) is 13.2. The fourth-order valence-electron chi connectivity index (χ4n) is 5.01. The molecule has 0 bridgehead atoms. The zero-order chi connectivity index (χ0) is 28.4. The lowest BCUT2D eigenvalue weighted by Crippen LogP contribution is -2.60. The SMILES string of the molecule is CCCCCCSc1n[n+]2c(c(=O)[nH]1)-c1ccccc1N(C(C)=O)[C@H]2c1ccc(-c2ccc([N+](=O)[O-])cc2C)o1. The second kappa shape index (κ2) is 11.5. The number of aryl methyl sites for hydroxylation is 1. The molecule has 40 heavy (non-hydrogen) atoms. The van der Waals surface area contributed by atoms with Crippen molar-refractivity contribution >= 4 is 29.0 Å². The van der Waals surface area contributed by atoms with Gasteiger partial charge in [-0.25, -0.2) is 4.90 Å². The van der Waals surface area contributed by atoms with E-state index in [4.69, 9.17) is 9.52 Å². The zero-order valence-corrected chi connectivity index (χ0v) is 23.4. The van der Waals surface area contributed by atoms with Gasteiger partial charge in [0.15, 0.2) is 5.76 Å². The molecule has 4 aromatic rings. The number of carbonyl (C=O) groups excluding carboxylic acids is 1. The van der Waals surface area contributed by atoms with Crippen LogP contribution in [0.4, 0.5) is 11.4 Å². The molecule has 1 aliphatic rings. The maximum atomic E-state index is 13.5. The van der Waals surface area contributed by atoms with Crippen LogP contribution in [0.2, 0.25) is 0 Å². The third-order valence-electron chi connectivity index (χ3n) is 6.90. The molecule has 10 nitrogen and oxygen atoms in total. The molecule has 1 atom stereocenters. The average Bonchev–Trinajstić information content (AvgIpc) is 3.41. The lowest BCUT2D eigenvalue weighted by Gasteiger charge is -2.30. The van der Waals surface area contributed by atoms with E-state index in [1.54, 1.807) is 46.8 Å². The van der Waals surface area contributed by atoms with Crippen LogP contribution >= 0.6 is 11.8 Å². The Labute approximate surface area is 235 Å². The smallest absolute Gasteiger partial charge is 0.325 e. The summed E-state index contributed by atoms with van der Waals surface area (Å²) < 4.78 is 7.88. The maximum Gasteiger partial charge on any atom is 0.325 e. The third kappa shape index (κ3) is 5.16. The van der Waals surface area contributed by atoms with Crippen molar-refractivity contribution in [3.63, 3.8) is 0 Å². The van der Waals surface area contributed by atoms with Gasteiger partial charge in [0.1, 0.15) is 5.76 Å². The van der Waals surface area contributed by atoms with E-state index in [9.17, 15) is 19.7 Å². The highest BCUT2D eigenvalue weighted by Gasteiger charge is 2.46. The van der Waals surface area contributed by atoms with E-state index in [-0.39, 0.29) is 17.2 Å². The Morgan fingerprint density at radius 3 is 2.67 bits per heavy atom. The number of hydrogen-bond donors (Lipinski definition) is 1. The van der Waals surface area contributed by atoms with Crippen molar-refractivity contribution in [2.75, 3.05) is 10.7 Å². The van der Waals surface area contributed by atoms with Crippen LogP contribution in [0.3, 0.4) is 0 Å². The highest BCUT2D eigenvalue weighted by molar-refractivity contribution is 7.99. The van der Waals surface area contributed by atoms with E-state index < -0.39 is 11.1 Å². The second-order valence-electron chi connectivity index (χ2n) is 9.70. The number of nitro benzene ring substituents is 1. The Kier molecular flexibility index (Phi) is 7.83. The molecule has 206 valence electrons. The number of hydrogen-bond acceptors (Lipinski definition) is 7. The van der Waals surface area contributed by atoms with Crippen LogP contribution in [0.15, 0.2) is 69.0 Å². The van der Waals surface area contributed by atoms with Crippen molar-refractivity contribution in [3.05, 3.63) is 86.4 Å². The zero-order valence-electron chi connectivity index (χ0n) is 22.5. The number of rotatable bonds is 9. The number of benzene rings is 2. The Bertz CT molecular complexity index is 1650. The molecule has 1 amide bonds. The van der Waals surface area contributed by atoms with E-state index in [2.05, 4.69) is 11.9 Å². The Hall–Kier alpha value is -4.25. The molecule has 0 fully saturated rings. The van der Waals surface area contributed by atoms with Crippen LogP contribution in [-0.4, -0.2) is 26.7 Å². The van der Waals surface area contributed by atoms with Crippen LogP contribution in [0.5, 0.6) is 0 Å². The minimum absolute atomic E-state index is 0.00713. The number of unbranched alkanes of at least 4 members (excludes halogenated alkanes) is 3. The summed E-state index contributed by atoms with van der Waals surface area (Å²) >= 11 is 1.48. The van der Waals surface area contributed by atoms with Crippen molar-refractivity contribution in [2.24, 2.45) is 0 Å². The van der Waals surface area contributed by atoms with Gasteiger partial charge in [0.05, 0.1) is 16.2 Å². The number of para-hydroxylation sites is 1. The first kappa shape index (κ1) is 27.3. The van der Waals surface area contributed by atoms with Gasteiger partial charge in [0.2, 0.25) is 11.1 Å². The molecule has 0 saturated carbocycles. The van der Waals surface area contributed by atoms with E-state index in [0.717, 1.165) is 31.4 Å². The monoisotopic (exact) mass is 560 g/mol. The number of H-pyrrole nitrogens is 1. The molecule has 0 saturated heterocycles. The second-order valence-corrected chi connectivity index (χ2v) is 10.8. The van der Waals surface area contributed by atoms with Gasteiger partial charge in [0.25, 0.3) is 5.69 Å². The fourth-order valence-corrected chi connectivity index (χ4v) is 5.86. The molecule has 11 heteroatoms. The number of nitrogens with one attached hydrogen (secondary N) is 1. The minimum atomic E-state index is -0.851. The molecule has 1 aliphatic heterocycles. The Balaban J connectivity index is 1.61. The molecular formula is C29H30N5O5S+. The summed E-state index contributed by atoms with van der Waals surface area (Å²) in [6.07, 6.45) is 3.56. The number of aromatic nitrogens is 3. The molecule has 0 spiro atoms. The summed E-state index contributed by atoms with van der Waals surface area (Å²) in [4.78, 5) is 41.9. The largest absolute Gasteiger partial charge is 0.452 e. The van der Waals surface area contributed by atoms with Crippen molar-refractivity contribution < 1.29 is 18.8 Å². The van der Waals surface area contributed by atoms with E-state index in [1.807, 2.05) is 12.1 Å². The molecule has 0 aliphatic carbocycles. The van der Waals surface area contributed by atoms with Crippen molar-refractivity contribution in [2.45, 2.75) is 57.8 Å². The molecule has 0 unspecified atom stereocenters. The van der Waals surface area contributed by atoms with Crippen LogP contribution in [0.1, 0.15) is 57.0 Å². The first-order chi connectivity index (χ1) is 19.3. The molecule has 5 rings (SSSR count). The third-order valence-corrected chi connectivity index (χ3v) is 7.85. The van der Waals surface area contributed by atoms with Crippen LogP contribution in [0.25, 0.3) is 22.6 Å². The summed E-state index contributed by atoms with van der Waals surface area (Å²) in [6.45, 7) is 5.41. The molecule has 3 heterocycles. The predicted molar refractivity (Wildman–Crippen MR) is 152 cm³/mol. The number of fused-ring (bicyclic) bond motifs is 3. The average molecular weight is 561 g/mol. The van der Waals surface area contributed by atoms with E-state index in [1.165, 1.54) is 30.8 Å². The number of anilines is 1. The van der Waals surface area contributed by atoms with Gasteiger partial charge < -0.3 is 4.42 Å². The van der Waals surface area contributed by atoms with Crippen molar-refractivity contribution in [1.82, 2.24) is 10.1 Å². The van der Waals surface area contributed by atoms with Gasteiger partial charge in [0, 0.05) is 35.5 Å². The van der Waals surface area contributed by atoms with Crippen molar-refractivity contribution in [1.29, 1.82) is 0 Å². The minimum Gasteiger partial charge on any atom is -0.452 e. The van der Waals surface area contributed by atoms with Crippen molar-refractivity contribution in [3.8, 4) is 22.6 Å². The Morgan fingerprint density at radius 2 is 1.95 bits per heavy atom. The van der Waals surface area contributed by atoms with E-state index >= 15 is 0 Å². The lowest BCUT2D eigenvalue weighted by atomic mass is 10.0. The summed E-state index contributed by atoms with van der Waals surface area (Å²) in [6, 6.07) is 15.3. The number of nitrogens with zero attached hydrogens (tertiary/aromatic N) is 4. The summed E-state index contributed by atoms with van der Waals surface area (Å²) in [7, 11) is 0. The normalized spacial score (nSPS) is 14.1.